The van der Waals surface area contributed by atoms with Crippen LogP contribution in [0.15, 0.2) is 39.4 Å². The molecule has 0 aliphatic heterocycles. The predicted molar refractivity (Wildman–Crippen MR) is 84.6 cm³/mol. The van der Waals surface area contributed by atoms with Gasteiger partial charge in [0.25, 0.3) is 0 Å². The van der Waals surface area contributed by atoms with E-state index in [9.17, 15) is 14.0 Å². The van der Waals surface area contributed by atoms with Crippen molar-refractivity contribution in [3.8, 4) is 0 Å². The van der Waals surface area contributed by atoms with Gasteiger partial charge in [0.05, 0.1) is 24.9 Å². The van der Waals surface area contributed by atoms with Gasteiger partial charge in [0.1, 0.15) is 11.6 Å². The number of benzene rings is 1. The van der Waals surface area contributed by atoms with Crippen molar-refractivity contribution in [2.45, 2.75) is 6.54 Å². The molecule has 0 spiro atoms. The zero-order valence-electron chi connectivity index (χ0n) is 12.4. The Balaban J connectivity index is 2.08. The molecule has 6 nitrogen and oxygen atoms in total. The number of nitrogens with one attached hydrogen (secondary N) is 1. The van der Waals surface area contributed by atoms with Gasteiger partial charge in [-0.05, 0) is 46.3 Å². The predicted octanol–water partition coefficient (Wildman–Crippen LogP) is 3.63. The van der Waals surface area contributed by atoms with Crippen molar-refractivity contribution in [2.24, 2.45) is 0 Å². The van der Waals surface area contributed by atoms with E-state index in [0.717, 1.165) is 6.07 Å². The molecular formula is C15H14BrFN2O4. The summed E-state index contributed by atoms with van der Waals surface area (Å²) in [5, 5.41) is 2.41. The van der Waals surface area contributed by atoms with E-state index < -0.39 is 17.8 Å². The summed E-state index contributed by atoms with van der Waals surface area (Å²) in [6, 6.07) is 6.47. The Labute approximate surface area is 140 Å². The van der Waals surface area contributed by atoms with Crippen LogP contribution in [0.5, 0.6) is 0 Å². The highest BCUT2D eigenvalue weighted by Crippen LogP contribution is 2.19. The first-order chi connectivity index (χ1) is 10.9. The molecule has 0 radical (unpaired) electrons. The van der Waals surface area contributed by atoms with Crippen molar-refractivity contribution in [3.05, 3.63) is 52.1 Å². The standard InChI is InChI=1S/C15H14BrFN2O4/c1-19(8-10-4-6-13(16)23-10)15(21)18-12-7-9(14(20)22-2)3-5-11(12)17/h3-7H,8H2,1-2H3,(H,18,21). The van der Waals surface area contributed by atoms with E-state index in [1.165, 1.54) is 31.2 Å². The number of carbonyl (C=O) groups excluding carboxylic acids is 2. The van der Waals surface area contributed by atoms with Gasteiger partial charge in [0.2, 0.25) is 0 Å². The van der Waals surface area contributed by atoms with Gasteiger partial charge in [-0.3, -0.25) is 0 Å². The van der Waals surface area contributed by atoms with Gasteiger partial charge in [-0.25, -0.2) is 14.0 Å². The molecule has 1 N–H and O–H groups in total. The van der Waals surface area contributed by atoms with Crippen molar-refractivity contribution in [2.75, 3.05) is 19.5 Å². The Bertz CT molecular complexity index is 732. The Morgan fingerprint density at radius 1 is 1.35 bits per heavy atom. The SMILES string of the molecule is COC(=O)c1ccc(F)c(NC(=O)N(C)Cc2ccc(Br)o2)c1. The zero-order valence-corrected chi connectivity index (χ0v) is 14.0. The average molecular weight is 385 g/mol. The number of urea groups is 1. The summed E-state index contributed by atoms with van der Waals surface area (Å²) < 4.78 is 24.2. The molecule has 2 rings (SSSR count). The lowest BCUT2D eigenvalue weighted by molar-refractivity contribution is 0.0600. The number of hydrogen-bond donors (Lipinski definition) is 1. The van der Waals surface area contributed by atoms with Gasteiger partial charge in [-0.15, -0.1) is 0 Å². The molecule has 0 unspecified atom stereocenters. The molecule has 0 saturated heterocycles. The van der Waals surface area contributed by atoms with E-state index in [1.54, 1.807) is 12.1 Å². The molecule has 2 amide bonds. The first-order valence-corrected chi connectivity index (χ1v) is 7.34. The second kappa shape index (κ2) is 7.28. The molecule has 8 heteroatoms. The molecule has 23 heavy (non-hydrogen) atoms. The van der Waals surface area contributed by atoms with Crippen molar-refractivity contribution in [1.82, 2.24) is 4.90 Å². The summed E-state index contributed by atoms with van der Waals surface area (Å²) in [5.41, 5.74) is 0.0344. The number of halogens is 2. The molecule has 0 atom stereocenters. The fourth-order valence-electron chi connectivity index (χ4n) is 1.82. The van der Waals surface area contributed by atoms with E-state index in [1.807, 2.05) is 0 Å². The summed E-state index contributed by atoms with van der Waals surface area (Å²) in [6.45, 7) is 0.204. The zero-order chi connectivity index (χ0) is 17.0. The van der Waals surface area contributed by atoms with Crippen molar-refractivity contribution >= 4 is 33.6 Å². The molecule has 0 bridgehead atoms. The highest BCUT2D eigenvalue weighted by atomic mass is 79.9. The Kier molecular flexibility index (Phi) is 5.38. The minimum absolute atomic E-state index is 0.106. The van der Waals surface area contributed by atoms with E-state index in [4.69, 9.17) is 4.42 Å². The third kappa shape index (κ3) is 4.32. The molecule has 0 saturated carbocycles. The molecule has 0 fully saturated rings. The Morgan fingerprint density at radius 2 is 2.09 bits per heavy atom. The third-order valence-corrected chi connectivity index (χ3v) is 3.42. The largest absolute Gasteiger partial charge is 0.465 e. The first-order valence-electron chi connectivity index (χ1n) is 6.55. The van der Waals surface area contributed by atoms with Crippen molar-refractivity contribution < 1.29 is 23.1 Å². The average Bonchev–Trinajstić information content (AvgIpc) is 2.93. The second-order valence-electron chi connectivity index (χ2n) is 4.68. The number of carbonyl (C=O) groups is 2. The van der Waals surface area contributed by atoms with Crippen LogP contribution in [0.25, 0.3) is 0 Å². The number of amides is 2. The van der Waals surface area contributed by atoms with E-state index in [0.29, 0.717) is 10.4 Å². The quantitative estimate of drug-likeness (QED) is 0.816. The van der Waals surface area contributed by atoms with Crippen molar-refractivity contribution in [1.29, 1.82) is 0 Å². The van der Waals surface area contributed by atoms with Crippen LogP contribution < -0.4 is 5.32 Å². The molecule has 2 aromatic rings. The number of furan rings is 1. The topological polar surface area (TPSA) is 71.8 Å². The van der Waals surface area contributed by atoms with Gasteiger partial charge in [-0.1, -0.05) is 0 Å². The summed E-state index contributed by atoms with van der Waals surface area (Å²) in [6.07, 6.45) is 0. The number of esters is 1. The van der Waals surface area contributed by atoms with E-state index >= 15 is 0 Å². The van der Waals surface area contributed by atoms with Gasteiger partial charge in [-0.2, -0.15) is 0 Å². The van der Waals surface area contributed by atoms with E-state index in [-0.39, 0.29) is 17.8 Å². The highest BCUT2D eigenvalue weighted by molar-refractivity contribution is 9.10. The summed E-state index contributed by atoms with van der Waals surface area (Å²) in [5.74, 6) is -0.701. The number of methoxy groups -OCH3 is 1. The number of rotatable bonds is 4. The Morgan fingerprint density at radius 3 is 2.70 bits per heavy atom. The maximum Gasteiger partial charge on any atom is 0.337 e. The number of nitrogens with zero attached hydrogens (tertiary/aromatic N) is 1. The van der Waals surface area contributed by atoms with Crippen LogP contribution in [0, 0.1) is 5.82 Å². The van der Waals surface area contributed by atoms with Crippen LogP contribution in [-0.2, 0) is 11.3 Å². The molecule has 0 aliphatic carbocycles. The Hall–Kier alpha value is -2.35. The molecular weight excluding hydrogens is 371 g/mol. The van der Waals surface area contributed by atoms with Crippen LogP contribution >= 0.6 is 15.9 Å². The van der Waals surface area contributed by atoms with E-state index in [2.05, 4.69) is 26.0 Å². The van der Waals surface area contributed by atoms with Gasteiger partial charge in [0, 0.05) is 7.05 Å². The minimum atomic E-state index is -0.653. The molecule has 122 valence electrons. The maximum atomic E-state index is 13.8. The van der Waals surface area contributed by atoms with Crippen LogP contribution in [0.1, 0.15) is 16.1 Å². The molecule has 0 aliphatic rings. The monoisotopic (exact) mass is 384 g/mol. The maximum absolute atomic E-state index is 13.8. The number of hydrogen-bond acceptors (Lipinski definition) is 4. The number of ether oxygens (including phenoxy) is 1. The normalized spacial score (nSPS) is 10.3. The lowest BCUT2D eigenvalue weighted by Gasteiger charge is -2.17. The smallest absolute Gasteiger partial charge is 0.337 e. The minimum Gasteiger partial charge on any atom is -0.465 e. The molecule has 1 heterocycles. The van der Waals surface area contributed by atoms with Crippen molar-refractivity contribution in [3.63, 3.8) is 0 Å². The lowest BCUT2D eigenvalue weighted by atomic mass is 10.2. The summed E-state index contributed by atoms with van der Waals surface area (Å²) >= 11 is 3.17. The third-order valence-electron chi connectivity index (χ3n) is 3.00. The van der Waals surface area contributed by atoms with Gasteiger partial charge >= 0.3 is 12.0 Å². The molecule has 1 aromatic carbocycles. The molecule has 1 aromatic heterocycles. The van der Waals surface area contributed by atoms with Gasteiger partial charge in [0.15, 0.2) is 4.67 Å². The van der Waals surface area contributed by atoms with Crippen LogP contribution in [0.3, 0.4) is 0 Å². The van der Waals surface area contributed by atoms with Gasteiger partial charge < -0.3 is 19.4 Å². The first kappa shape index (κ1) is 17.0. The summed E-state index contributed by atoms with van der Waals surface area (Å²) in [4.78, 5) is 24.9. The number of anilines is 1. The summed E-state index contributed by atoms with van der Waals surface area (Å²) in [7, 11) is 2.76. The van der Waals surface area contributed by atoms with Crippen LogP contribution in [0.2, 0.25) is 0 Å². The fraction of sp³-hybridized carbons (Fsp3) is 0.200. The fourth-order valence-corrected chi connectivity index (χ4v) is 2.16. The highest BCUT2D eigenvalue weighted by Gasteiger charge is 2.15. The lowest BCUT2D eigenvalue weighted by Crippen LogP contribution is -2.31. The van der Waals surface area contributed by atoms with Crippen LogP contribution in [0.4, 0.5) is 14.9 Å². The second-order valence-corrected chi connectivity index (χ2v) is 5.46. The van der Waals surface area contributed by atoms with Crippen LogP contribution in [-0.4, -0.2) is 31.1 Å².